The van der Waals surface area contributed by atoms with E-state index in [4.69, 9.17) is 9.47 Å². The van der Waals surface area contributed by atoms with Crippen molar-refractivity contribution in [2.45, 2.75) is 123 Å². The van der Waals surface area contributed by atoms with E-state index in [9.17, 15) is 8.42 Å². The van der Waals surface area contributed by atoms with Gasteiger partial charge in [-0.3, -0.25) is 0 Å². The Morgan fingerprint density at radius 3 is 1.97 bits per heavy atom. The third kappa shape index (κ3) is 21.2. The molecule has 1 rings (SSSR count). The molecule has 0 spiro atoms. The van der Waals surface area contributed by atoms with Crippen LogP contribution in [0.5, 0.6) is 0 Å². The number of nitrogens with one attached hydrogen (secondary N) is 2. The topological polar surface area (TPSA) is 78.8 Å². The number of methoxy groups -OCH3 is 1. The standard InChI is InChI=1S/C27H52N2O4S2.HI/c1-4-5-6-7-8-9-10-11-12-13-14-15-16-17-20-33-23-26(32-3)22-28-35(30,31)21-18-19-27-29-25(2)24-34-27;/h24,26,28H,4-23H2,1-3H3;1H. The Morgan fingerprint density at radius 2 is 1.47 bits per heavy atom. The minimum absolute atomic E-state index is 0. The zero-order chi connectivity index (χ0) is 25.6. The largest absolute Gasteiger partial charge is 1.00 e. The molecule has 0 aliphatic rings. The maximum absolute atomic E-state index is 12.3. The average Bonchev–Trinajstić information content (AvgIpc) is 3.25. The van der Waals surface area contributed by atoms with Gasteiger partial charge in [0.1, 0.15) is 0 Å². The Bertz CT molecular complexity index is 716. The minimum atomic E-state index is -3.31. The van der Waals surface area contributed by atoms with Crippen LogP contribution in [0.3, 0.4) is 0 Å². The van der Waals surface area contributed by atoms with Crippen molar-refractivity contribution in [2.24, 2.45) is 0 Å². The fourth-order valence-corrected chi connectivity index (χ4v) is 6.07. The number of ether oxygens (including phenoxy) is 2. The summed E-state index contributed by atoms with van der Waals surface area (Å²) < 4.78 is 38.3. The molecule has 0 saturated heterocycles. The number of hydrogen-bond acceptors (Lipinski definition) is 5. The molecule has 0 saturated carbocycles. The number of aryl methyl sites for hydroxylation is 2. The molecule has 36 heavy (non-hydrogen) atoms. The van der Waals surface area contributed by atoms with E-state index in [0.29, 0.717) is 19.6 Å². The lowest BCUT2D eigenvalue weighted by atomic mass is 10.0. The van der Waals surface area contributed by atoms with Crippen LogP contribution in [0.2, 0.25) is 0 Å². The maximum Gasteiger partial charge on any atom is 0.235 e. The highest BCUT2D eigenvalue weighted by molar-refractivity contribution is 7.89. The fourth-order valence-electron chi connectivity index (χ4n) is 4.10. The molecule has 0 aromatic carbocycles. The van der Waals surface area contributed by atoms with E-state index in [1.54, 1.807) is 18.4 Å². The highest BCUT2D eigenvalue weighted by Gasteiger charge is 2.16. The van der Waals surface area contributed by atoms with Crippen molar-refractivity contribution in [3.05, 3.63) is 16.1 Å². The molecular formula is C27H53IN2O4S2. The molecule has 9 heteroatoms. The van der Waals surface area contributed by atoms with Crippen LogP contribution in [-0.4, -0.2) is 47.1 Å². The number of aromatic nitrogens is 1. The maximum atomic E-state index is 12.3. The Labute approximate surface area is 243 Å². The lowest BCUT2D eigenvalue weighted by Crippen LogP contribution is -3.00. The molecule has 1 unspecified atom stereocenters. The smallest absolute Gasteiger partial charge is 0.235 e. The van der Waals surface area contributed by atoms with Crippen molar-refractivity contribution in [2.75, 3.05) is 32.6 Å². The number of H-pyrrole nitrogens is 1. The second kappa shape index (κ2) is 24.2. The summed E-state index contributed by atoms with van der Waals surface area (Å²) in [5.41, 5.74) is 1.11. The third-order valence-corrected chi connectivity index (χ3v) is 8.84. The Hall–Kier alpha value is 0.190. The van der Waals surface area contributed by atoms with Crippen molar-refractivity contribution in [1.29, 1.82) is 0 Å². The molecular weight excluding hydrogens is 607 g/mol. The second-order valence-corrected chi connectivity index (χ2v) is 12.7. The molecule has 0 radical (unpaired) electrons. The van der Waals surface area contributed by atoms with Gasteiger partial charge in [0.25, 0.3) is 0 Å². The summed E-state index contributed by atoms with van der Waals surface area (Å²) in [6, 6.07) is 0. The number of aromatic amines is 1. The quantitative estimate of drug-likeness (QED) is 0.129. The van der Waals surface area contributed by atoms with Gasteiger partial charge in [0, 0.05) is 33.6 Å². The van der Waals surface area contributed by atoms with Gasteiger partial charge in [0.15, 0.2) is 5.69 Å². The van der Waals surface area contributed by atoms with E-state index < -0.39 is 10.0 Å². The van der Waals surface area contributed by atoms with Crippen LogP contribution in [0.4, 0.5) is 0 Å². The average molecular weight is 661 g/mol. The fraction of sp³-hybridized carbons (Fsp3) is 0.889. The predicted molar refractivity (Wildman–Crippen MR) is 148 cm³/mol. The number of hydrogen-bond donors (Lipinski definition) is 1. The number of thiazole rings is 1. The second-order valence-electron chi connectivity index (χ2n) is 9.77. The molecule has 0 aliphatic heterocycles. The minimum Gasteiger partial charge on any atom is -1.00 e. The summed E-state index contributed by atoms with van der Waals surface area (Å²) in [6.45, 7) is 5.66. The molecule has 1 aromatic heterocycles. The Balaban J connectivity index is 0.0000122. The molecule has 1 atom stereocenters. The Kier molecular flexibility index (Phi) is 24.4. The normalized spacial score (nSPS) is 12.5. The predicted octanol–water partition coefficient (Wildman–Crippen LogP) is 3.24. The third-order valence-electron chi connectivity index (χ3n) is 6.34. The monoisotopic (exact) mass is 660 g/mol. The van der Waals surface area contributed by atoms with Crippen molar-refractivity contribution in [3.63, 3.8) is 0 Å². The van der Waals surface area contributed by atoms with Crippen molar-refractivity contribution < 1.29 is 46.9 Å². The number of halogens is 1. The van der Waals surface area contributed by atoms with E-state index >= 15 is 0 Å². The lowest BCUT2D eigenvalue weighted by Gasteiger charge is -2.16. The molecule has 0 amide bonds. The van der Waals surface area contributed by atoms with Gasteiger partial charge in [0.05, 0.1) is 23.8 Å². The summed E-state index contributed by atoms with van der Waals surface area (Å²) in [7, 11) is -1.70. The molecule has 0 fully saturated rings. The molecule has 6 nitrogen and oxygen atoms in total. The van der Waals surface area contributed by atoms with E-state index in [1.807, 2.05) is 12.3 Å². The van der Waals surface area contributed by atoms with Crippen LogP contribution in [0.1, 0.15) is 114 Å². The summed E-state index contributed by atoms with van der Waals surface area (Å²) in [5.74, 6) is 0.119. The van der Waals surface area contributed by atoms with Gasteiger partial charge >= 0.3 is 0 Å². The van der Waals surface area contributed by atoms with Crippen LogP contribution >= 0.6 is 11.3 Å². The first kappa shape index (κ1) is 36.2. The van der Waals surface area contributed by atoms with Gasteiger partial charge in [-0.2, -0.15) is 0 Å². The first-order valence-corrected chi connectivity index (χ1v) is 16.5. The molecule has 0 aliphatic carbocycles. The van der Waals surface area contributed by atoms with Crippen LogP contribution in [0, 0.1) is 6.92 Å². The molecule has 214 valence electrons. The Morgan fingerprint density at radius 1 is 0.917 bits per heavy atom. The summed E-state index contributed by atoms with van der Waals surface area (Å²) in [6.07, 6.45) is 19.9. The number of unbranched alkanes of at least 4 members (excludes halogenated alkanes) is 13. The van der Waals surface area contributed by atoms with Crippen LogP contribution in [0.15, 0.2) is 5.38 Å². The van der Waals surface area contributed by atoms with Crippen molar-refractivity contribution in [3.8, 4) is 0 Å². The van der Waals surface area contributed by atoms with E-state index in [0.717, 1.165) is 23.5 Å². The summed E-state index contributed by atoms with van der Waals surface area (Å²) in [4.78, 5) is 3.25. The van der Waals surface area contributed by atoms with Crippen molar-refractivity contribution >= 4 is 21.4 Å². The van der Waals surface area contributed by atoms with Crippen molar-refractivity contribution in [1.82, 2.24) is 4.72 Å². The number of sulfonamides is 1. The number of rotatable bonds is 25. The first-order valence-electron chi connectivity index (χ1n) is 14.0. The zero-order valence-electron chi connectivity index (χ0n) is 23.1. The van der Waals surface area contributed by atoms with E-state index in [2.05, 4.69) is 16.6 Å². The van der Waals surface area contributed by atoms with Gasteiger partial charge in [-0.15, -0.1) is 0 Å². The van der Waals surface area contributed by atoms with E-state index in [-0.39, 0.29) is 42.4 Å². The van der Waals surface area contributed by atoms with Gasteiger partial charge < -0.3 is 33.5 Å². The van der Waals surface area contributed by atoms with Gasteiger partial charge in [-0.05, 0) is 12.8 Å². The SMILES string of the molecule is CCCCCCCCCCCCCCCCOCC(CNS(=O)(=O)CCCc1[nH+]c(C)cs1)OC.[I-]. The molecule has 0 bridgehead atoms. The van der Waals surface area contributed by atoms with E-state index in [1.165, 1.54) is 83.5 Å². The first-order chi connectivity index (χ1) is 17.0. The van der Waals surface area contributed by atoms with Crippen LogP contribution in [-0.2, 0) is 25.9 Å². The van der Waals surface area contributed by atoms with Crippen LogP contribution in [0.25, 0.3) is 0 Å². The van der Waals surface area contributed by atoms with Crippen LogP contribution < -0.4 is 33.7 Å². The zero-order valence-corrected chi connectivity index (χ0v) is 26.9. The molecule has 1 heterocycles. The van der Waals surface area contributed by atoms with Gasteiger partial charge in [0.2, 0.25) is 15.0 Å². The summed E-state index contributed by atoms with van der Waals surface area (Å²) in [5, 5.41) is 3.16. The van der Waals surface area contributed by atoms with Gasteiger partial charge in [-0.25, -0.2) is 18.1 Å². The highest BCUT2D eigenvalue weighted by atomic mass is 127. The van der Waals surface area contributed by atoms with Gasteiger partial charge in [-0.1, -0.05) is 102 Å². The lowest BCUT2D eigenvalue weighted by molar-refractivity contribution is -0.391. The highest BCUT2D eigenvalue weighted by Crippen LogP contribution is 2.13. The molecule has 2 N–H and O–H groups in total. The summed E-state index contributed by atoms with van der Waals surface area (Å²) >= 11 is 1.64. The molecule has 1 aromatic rings.